The lowest BCUT2D eigenvalue weighted by molar-refractivity contribution is -0.384. The number of nitrogens with zero attached hydrogens (tertiary/aromatic N) is 2. The average molecular weight is 342 g/mol. The van der Waals surface area contributed by atoms with Gasteiger partial charge in [-0.15, -0.1) is 0 Å². The van der Waals surface area contributed by atoms with Gasteiger partial charge >= 0.3 is 0 Å². The number of carbonyl (C=O) groups excluding carboxylic acids is 1. The number of nitro benzene ring substituents is 1. The van der Waals surface area contributed by atoms with Crippen molar-refractivity contribution in [1.29, 1.82) is 0 Å². The van der Waals surface area contributed by atoms with Crippen LogP contribution < -0.4 is 10.1 Å². The van der Waals surface area contributed by atoms with Gasteiger partial charge in [0.15, 0.2) is 0 Å². The molecule has 0 aliphatic rings. The van der Waals surface area contributed by atoms with Gasteiger partial charge in [-0.25, -0.2) is 18.6 Å². The monoisotopic (exact) mass is 342 g/mol. The molecular weight excluding hydrogens is 324 g/mol. The molecule has 0 bridgehead atoms. The van der Waals surface area contributed by atoms with Gasteiger partial charge in [-0.05, 0) is 25.5 Å². The maximum atomic E-state index is 12.0. The molecule has 1 rings (SSSR count). The van der Waals surface area contributed by atoms with E-state index in [1.165, 1.54) is 0 Å². The molecule has 1 aromatic carbocycles. The molecule has 1 amide bonds. The number of hydrogen-bond donors (Lipinski definition) is 2. The summed E-state index contributed by atoms with van der Waals surface area (Å²) in [6, 6.07) is 4.35. The van der Waals surface area contributed by atoms with Crippen molar-refractivity contribution in [2.24, 2.45) is 5.10 Å². The van der Waals surface area contributed by atoms with Crippen LogP contribution in [0.1, 0.15) is 26.7 Å². The molecule has 126 valence electrons. The number of hydrazone groups is 1. The SMILES string of the molecule is CCC/C(C)=N\NC(=O)CNS(=O)(=O)c1ccc([N+](=O)[O-])cc1. The molecule has 0 unspecified atom stereocenters. The molecule has 0 saturated heterocycles. The Kier molecular flexibility index (Phi) is 6.79. The summed E-state index contributed by atoms with van der Waals surface area (Å²) in [5, 5.41) is 14.4. The molecule has 0 heterocycles. The van der Waals surface area contributed by atoms with E-state index in [2.05, 4.69) is 15.2 Å². The predicted octanol–water partition coefficient (Wildman–Crippen LogP) is 1.17. The van der Waals surface area contributed by atoms with Crippen LogP contribution in [0.15, 0.2) is 34.3 Å². The van der Waals surface area contributed by atoms with Gasteiger partial charge in [0, 0.05) is 17.8 Å². The van der Waals surface area contributed by atoms with E-state index in [0.29, 0.717) is 0 Å². The summed E-state index contributed by atoms with van der Waals surface area (Å²) in [6.07, 6.45) is 1.62. The van der Waals surface area contributed by atoms with Gasteiger partial charge in [-0.1, -0.05) is 13.3 Å². The fourth-order valence-electron chi connectivity index (χ4n) is 1.61. The summed E-state index contributed by atoms with van der Waals surface area (Å²) in [5.74, 6) is -0.606. The summed E-state index contributed by atoms with van der Waals surface area (Å²) >= 11 is 0. The lowest BCUT2D eigenvalue weighted by atomic mass is 10.2. The van der Waals surface area contributed by atoms with E-state index in [0.717, 1.165) is 42.8 Å². The maximum absolute atomic E-state index is 12.0. The third kappa shape index (κ3) is 6.12. The van der Waals surface area contributed by atoms with Crippen molar-refractivity contribution in [1.82, 2.24) is 10.1 Å². The fourth-order valence-corrected chi connectivity index (χ4v) is 2.59. The topological polar surface area (TPSA) is 131 Å². The second-order valence-corrected chi connectivity index (χ2v) is 6.47. The van der Waals surface area contributed by atoms with E-state index in [-0.39, 0.29) is 10.6 Å². The molecule has 0 aromatic heterocycles. The molecule has 23 heavy (non-hydrogen) atoms. The van der Waals surface area contributed by atoms with Crippen molar-refractivity contribution in [2.75, 3.05) is 6.54 Å². The third-order valence-electron chi connectivity index (χ3n) is 2.76. The van der Waals surface area contributed by atoms with Gasteiger partial charge in [0.2, 0.25) is 10.0 Å². The number of nitrogens with one attached hydrogen (secondary N) is 2. The van der Waals surface area contributed by atoms with Gasteiger partial charge in [-0.3, -0.25) is 14.9 Å². The zero-order valence-corrected chi connectivity index (χ0v) is 13.6. The minimum absolute atomic E-state index is 0.165. The molecule has 0 radical (unpaired) electrons. The number of benzene rings is 1. The molecule has 1 aromatic rings. The molecule has 0 spiro atoms. The maximum Gasteiger partial charge on any atom is 0.269 e. The van der Waals surface area contributed by atoms with E-state index in [9.17, 15) is 23.3 Å². The Balaban J connectivity index is 2.63. The molecule has 0 saturated carbocycles. The smallest absolute Gasteiger partial charge is 0.269 e. The Morgan fingerprint density at radius 3 is 2.43 bits per heavy atom. The van der Waals surface area contributed by atoms with Gasteiger partial charge < -0.3 is 0 Å². The van der Waals surface area contributed by atoms with Crippen LogP contribution in [0.5, 0.6) is 0 Å². The first kappa shape index (κ1) is 18.7. The number of sulfonamides is 1. The van der Waals surface area contributed by atoms with Crippen LogP contribution in [0.25, 0.3) is 0 Å². The highest BCUT2D eigenvalue weighted by molar-refractivity contribution is 7.89. The van der Waals surface area contributed by atoms with Crippen LogP contribution in [0, 0.1) is 10.1 Å². The Morgan fingerprint density at radius 1 is 1.30 bits per heavy atom. The first-order valence-electron chi connectivity index (χ1n) is 6.82. The fraction of sp³-hybridized carbons (Fsp3) is 0.385. The second kappa shape index (κ2) is 8.34. The molecule has 0 atom stereocenters. The number of non-ortho nitro benzene ring substituents is 1. The first-order valence-corrected chi connectivity index (χ1v) is 8.30. The van der Waals surface area contributed by atoms with Crippen molar-refractivity contribution < 1.29 is 18.1 Å². The highest BCUT2D eigenvalue weighted by atomic mass is 32.2. The van der Waals surface area contributed by atoms with Crippen LogP contribution in [0.2, 0.25) is 0 Å². The number of hydrogen-bond acceptors (Lipinski definition) is 6. The summed E-state index contributed by atoms with van der Waals surface area (Å²) < 4.78 is 26.0. The Labute approximate surface area is 134 Å². The van der Waals surface area contributed by atoms with Gasteiger partial charge in [0.1, 0.15) is 0 Å². The van der Waals surface area contributed by atoms with Crippen molar-refractivity contribution in [3.05, 3.63) is 34.4 Å². The van der Waals surface area contributed by atoms with Crippen LogP contribution in [-0.2, 0) is 14.8 Å². The molecule has 2 N–H and O–H groups in total. The van der Waals surface area contributed by atoms with Gasteiger partial charge in [-0.2, -0.15) is 5.10 Å². The number of nitro groups is 1. The van der Waals surface area contributed by atoms with Gasteiger partial charge in [0.05, 0.1) is 16.4 Å². The van der Waals surface area contributed by atoms with Crippen molar-refractivity contribution in [3.8, 4) is 0 Å². The van der Waals surface area contributed by atoms with E-state index < -0.39 is 27.4 Å². The molecular formula is C13H18N4O5S. The Hall–Kier alpha value is -2.33. The van der Waals surface area contributed by atoms with E-state index in [4.69, 9.17) is 0 Å². The highest BCUT2D eigenvalue weighted by Crippen LogP contribution is 2.15. The van der Waals surface area contributed by atoms with Crippen molar-refractivity contribution >= 4 is 27.3 Å². The van der Waals surface area contributed by atoms with E-state index in [1.807, 2.05) is 6.92 Å². The summed E-state index contributed by atoms with van der Waals surface area (Å²) in [5.41, 5.74) is 2.76. The second-order valence-electron chi connectivity index (χ2n) is 4.71. The molecule has 0 fully saturated rings. The third-order valence-corrected chi connectivity index (χ3v) is 4.18. The van der Waals surface area contributed by atoms with Crippen LogP contribution in [-0.4, -0.2) is 31.5 Å². The van der Waals surface area contributed by atoms with Crippen molar-refractivity contribution in [2.45, 2.75) is 31.6 Å². The molecule has 10 heteroatoms. The van der Waals surface area contributed by atoms with E-state index in [1.54, 1.807) is 6.92 Å². The standard InChI is InChI=1S/C13H18N4O5S/c1-3-4-10(2)15-16-13(18)9-14-23(21,22)12-7-5-11(6-8-12)17(19)20/h5-8,14H,3-4,9H2,1-2H3,(H,16,18)/b15-10-. The molecule has 0 aliphatic carbocycles. The summed E-state index contributed by atoms with van der Waals surface area (Å²) in [7, 11) is -3.93. The Bertz CT molecular complexity index is 698. The van der Waals surface area contributed by atoms with Crippen LogP contribution in [0.3, 0.4) is 0 Å². The highest BCUT2D eigenvalue weighted by Gasteiger charge is 2.16. The lowest BCUT2D eigenvalue weighted by Crippen LogP contribution is -2.35. The quantitative estimate of drug-likeness (QED) is 0.416. The summed E-state index contributed by atoms with van der Waals surface area (Å²) in [6.45, 7) is 3.24. The molecule has 9 nitrogen and oxygen atoms in total. The van der Waals surface area contributed by atoms with Crippen LogP contribution >= 0.6 is 0 Å². The lowest BCUT2D eigenvalue weighted by Gasteiger charge is -2.06. The number of amides is 1. The first-order chi connectivity index (χ1) is 10.8. The number of rotatable bonds is 8. The van der Waals surface area contributed by atoms with E-state index >= 15 is 0 Å². The molecule has 0 aliphatic heterocycles. The predicted molar refractivity (Wildman–Crippen MR) is 84.4 cm³/mol. The number of carbonyl (C=O) groups is 1. The zero-order chi connectivity index (χ0) is 17.5. The van der Waals surface area contributed by atoms with Crippen molar-refractivity contribution in [3.63, 3.8) is 0 Å². The minimum Gasteiger partial charge on any atom is -0.272 e. The minimum atomic E-state index is -3.93. The largest absolute Gasteiger partial charge is 0.272 e. The summed E-state index contributed by atoms with van der Waals surface area (Å²) in [4.78, 5) is 21.3. The normalized spacial score (nSPS) is 12.0. The zero-order valence-electron chi connectivity index (χ0n) is 12.8. The van der Waals surface area contributed by atoms with Gasteiger partial charge in [0.25, 0.3) is 11.6 Å². The Morgan fingerprint density at radius 2 is 1.91 bits per heavy atom. The van der Waals surface area contributed by atoms with Crippen LogP contribution in [0.4, 0.5) is 5.69 Å². The average Bonchev–Trinajstić information content (AvgIpc) is 2.51.